The fraction of sp³-hybridized carbons (Fsp3) is 0.600. The lowest BCUT2D eigenvalue weighted by molar-refractivity contribution is -0.137. The van der Waals surface area contributed by atoms with Crippen LogP contribution in [-0.2, 0) is 15.9 Å². The molecule has 1 aliphatic carbocycles. The highest BCUT2D eigenvalue weighted by Crippen LogP contribution is 2.45. The lowest BCUT2D eigenvalue weighted by atomic mass is 9.93. The number of halogens is 4. The first-order valence-corrected chi connectivity index (χ1v) is 10.1. The number of rotatable bonds is 9. The number of hydrogen-bond donors (Lipinski definition) is 1. The maximum Gasteiger partial charge on any atom is 0.277 e. The predicted molar refractivity (Wildman–Crippen MR) is 101 cm³/mol. The van der Waals surface area contributed by atoms with Crippen LogP contribution < -0.4 is 10.1 Å². The third-order valence-corrected chi connectivity index (χ3v) is 5.71. The molecule has 0 radical (unpaired) electrons. The third-order valence-electron chi connectivity index (χ3n) is 5.71. The van der Waals surface area contributed by atoms with Crippen molar-refractivity contribution in [2.75, 3.05) is 19.9 Å². The van der Waals surface area contributed by atoms with Crippen LogP contribution >= 0.6 is 0 Å². The first-order valence-electron chi connectivity index (χ1n) is 10.1. The molecule has 2 aromatic heterocycles. The zero-order valence-electron chi connectivity index (χ0n) is 17.4. The van der Waals surface area contributed by atoms with E-state index in [1.54, 1.807) is 13.8 Å². The summed E-state index contributed by atoms with van der Waals surface area (Å²) in [6, 6.07) is 1.03. The zero-order valence-corrected chi connectivity index (χ0v) is 17.4. The van der Waals surface area contributed by atoms with Gasteiger partial charge in [0.25, 0.3) is 12.3 Å². The molecule has 2 fully saturated rings. The van der Waals surface area contributed by atoms with Crippen LogP contribution in [0.3, 0.4) is 0 Å². The van der Waals surface area contributed by atoms with Crippen LogP contribution in [0.15, 0.2) is 16.8 Å². The Morgan fingerprint density at radius 1 is 1.41 bits per heavy atom. The molecule has 2 aromatic rings. The molecule has 2 aliphatic rings. The molecule has 174 valence electrons. The number of ether oxygens (including phenoxy) is 2. The van der Waals surface area contributed by atoms with Gasteiger partial charge in [0.1, 0.15) is 23.7 Å². The van der Waals surface area contributed by atoms with E-state index in [1.807, 2.05) is 0 Å². The highest BCUT2D eigenvalue weighted by molar-refractivity contribution is 5.93. The maximum atomic E-state index is 14.9. The van der Waals surface area contributed by atoms with Crippen molar-refractivity contribution in [3.8, 4) is 5.75 Å². The van der Waals surface area contributed by atoms with Gasteiger partial charge in [0.05, 0.1) is 18.8 Å². The van der Waals surface area contributed by atoms with Gasteiger partial charge in [0, 0.05) is 19.2 Å². The van der Waals surface area contributed by atoms with Gasteiger partial charge < -0.3 is 19.3 Å². The van der Waals surface area contributed by atoms with E-state index in [9.17, 15) is 22.4 Å². The van der Waals surface area contributed by atoms with Crippen LogP contribution in [0.5, 0.6) is 5.75 Å². The maximum absolute atomic E-state index is 14.9. The Hall–Kier alpha value is -2.76. The predicted octanol–water partition coefficient (Wildman–Crippen LogP) is 3.01. The van der Waals surface area contributed by atoms with Crippen molar-refractivity contribution in [2.24, 2.45) is 5.92 Å². The van der Waals surface area contributed by atoms with Crippen LogP contribution in [0.25, 0.3) is 0 Å². The average molecular weight is 458 g/mol. The second-order valence-electron chi connectivity index (χ2n) is 8.24. The van der Waals surface area contributed by atoms with E-state index in [0.29, 0.717) is 11.7 Å². The smallest absolute Gasteiger partial charge is 0.277 e. The van der Waals surface area contributed by atoms with Gasteiger partial charge in [0.15, 0.2) is 17.6 Å². The molecule has 0 bridgehead atoms. The summed E-state index contributed by atoms with van der Waals surface area (Å²) in [5.41, 5.74) is -3.38. The molecule has 1 N–H and O–H groups in total. The number of nitrogens with one attached hydrogen (secondary N) is 1. The van der Waals surface area contributed by atoms with Gasteiger partial charge in [-0.2, -0.15) is 4.98 Å². The topological polar surface area (TPSA) is 99.4 Å². The Bertz CT molecular complexity index is 996. The fourth-order valence-electron chi connectivity index (χ4n) is 3.56. The number of pyridine rings is 1. The summed E-state index contributed by atoms with van der Waals surface area (Å²) in [6.45, 7) is 1.21. The first-order chi connectivity index (χ1) is 15.2. The molecule has 4 rings (SSSR count). The molecule has 8 nitrogen and oxygen atoms in total. The van der Waals surface area contributed by atoms with Crippen LogP contribution in [0.1, 0.15) is 47.5 Å². The minimum atomic E-state index is -3.15. The van der Waals surface area contributed by atoms with E-state index in [0.717, 1.165) is 25.1 Å². The molecule has 3 heterocycles. The molecular weight excluding hydrogens is 436 g/mol. The second kappa shape index (κ2) is 8.30. The van der Waals surface area contributed by atoms with Gasteiger partial charge in [-0.25, -0.2) is 17.6 Å². The highest BCUT2D eigenvalue weighted by Gasteiger charge is 2.48. The number of carbonyl (C=O) groups is 1. The van der Waals surface area contributed by atoms with E-state index in [2.05, 4.69) is 20.4 Å². The molecular formula is C20H22F4N4O4. The fourth-order valence-corrected chi connectivity index (χ4v) is 3.56. The summed E-state index contributed by atoms with van der Waals surface area (Å²) < 4.78 is 69.1. The average Bonchev–Trinajstić information content (AvgIpc) is 3.51. The summed E-state index contributed by atoms with van der Waals surface area (Å²) in [5, 5.41) is 6.74. The quantitative estimate of drug-likeness (QED) is 0.577. The Balaban J connectivity index is 1.64. The molecule has 32 heavy (non-hydrogen) atoms. The van der Waals surface area contributed by atoms with E-state index < -0.39 is 36.3 Å². The van der Waals surface area contributed by atoms with Gasteiger partial charge in [-0.3, -0.25) is 9.78 Å². The van der Waals surface area contributed by atoms with Gasteiger partial charge in [-0.05, 0) is 25.7 Å². The molecule has 12 heteroatoms. The summed E-state index contributed by atoms with van der Waals surface area (Å²) in [4.78, 5) is 21.2. The van der Waals surface area contributed by atoms with Gasteiger partial charge in [-0.1, -0.05) is 5.16 Å². The van der Waals surface area contributed by atoms with Crippen LogP contribution in [0, 0.1) is 12.8 Å². The van der Waals surface area contributed by atoms with E-state index >= 15 is 0 Å². The van der Waals surface area contributed by atoms with Crippen molar-refractivity contribution in [2.45, 2.75) is 50.4 Å². The molecule has 1 unspecified atom stereocenters. The molecule has 1 saturated carbocycles. The zero-order chi connectivity index (χ0) is 23.1. The number of amides is 1. The normalized spacial score (nSPS) is 20.3. The number of nitrogens with zero attached hydrogens (tertiary/aromatic N) is 3. The largest absolute Gasteiger partial charge is 0.481 e. The number of aryl methyl sites for hydroxylation is 1. The third kappa shape index (κ3) is 4.15. The van der Waals surface area contributed by atoms with Crippen LogP contribution in [-0.4, -0.2) is 53.4 Å². The van der Waals surface area contributed by atoms with E-state index in [-0.39, 0.29) is 36.1 Å². The Morgan fingerprint density at radius 2 is 2.12 bits per heavy atom. The molecule has 2 atom stereocenters. The van der Waals surface area contributed by atoms with Crippen molar-refractivity contribution < 1.29 is 36.4 Å². The van der Waals surface area contributed by atoms with Crippen LogP contribution in [0.4, 0.5) is 17.6 Å². The summed E-state index contributed by atoms with van der Waals surface area (Å²) in [5.74, 6) is -0.371. The van der Waals surface area contributed by atoms with Crippen LogP contribution in [0.2, 0.25) is 0 Å². The highest BCUT2D eigenvalue weighted by atomic mass is 19.3. The number of alkyl halides is 4. The van der Waals surface area contributed by atoms with Gasteiger partial charge in [0.2, 0.25) is 5.89 Å². The van der Waals surface area contributed by atoms with Crippen molar-refractivity contribution in [1.29, 1.82) is 0 Å². The lowest BCUT2D eigenvalue weighted by Gasteiger charge is -2.35. The van der Waals surface area contributed by atoms with Crippen molar-refractivity contribution >= 4 is 5.91 Å². The van der Waals surface area contributed by atoms with E-state index in [4.69, 9.17) is 14.0 Å². The van der Waals surface area contributed by atoms with Crippen molar-refractivity contribution in [1.82, 2.24) is 20.4 Å². The first kappa shape index (κ1) is 22.4. The molecule has 0 spiro atoms. The lowest BCUT2D eigenvalue weighted by Crippen LogP contribution is -2.46. The van der Waals surface area contributed by atoms with Gasteiger partial charge >= 0.3 is 0 Å². The Labute approximate surface area is 180 Å². The van der Waals surface area contributed by atoms with Crippen molar-refractivity contribution in [3.05, 3.63) is 35.2 Å². The Kier molecular flexibility index (Phi) is 5.82. The molecule has 1 aliphatic heterocycles. The van der Waals surface area contributed by atoms with E-state index in [1.165, 1.54) is 0 Å². The minimum absolute atomic E-state index is 0.0643. The summed E-state index contributed by atoms with van der Waals surface area (Å²) in [7, 11) is 0. The molecule has 0 aromatic carbocycles. The standard InChI is InChI=1S/C20H22F4N4O4/c1-10-26-18(28-32-10)19(2,11-3-4-11)27-17(29)13-5-14(31-15(6-21)16(22)23)12(7-25-13)20(24)8-30-9-20/h5,7,11,15-16H,3-4,6,8-9H2,1-2H3,(H,27,29)/t15-,19?/m0/s1. The van der Waals surface area contributed by atoms with Crippen molar-refractivity contribution in [3.63, 3.8) is 0 Å². The minimum Gasteiger partial charge on any atom is -0.481 e. The number of hydrogen-bond acceptors (Lipinski definition) is 7. The summed E-state index contributed by atoms with van der Waals surface area (Å²) in [6.07, 6.45) is -2.56. The molecule has 1 amide bonds. The second-order valence-corrected chi connectivity index (χ2v) is 8.24. The summed E-state index contributed by atoms with van der Waals surface area (Å²) >= 11 is 0. The number of carbonyl (C=O) groups excluding carboxylic acids is 1. The monoisotopic (exact) mass is 458 g/mol. The van der Waals surface area contributed by atoms with Gasteiger partial charge in [-0.15, -0.1) is 0 Å². The number of aromatic nitrogens is 3. The Morgan fingerprint density at radius 3 is 2.62 bits per heavy atom. The molecule has 1 saturated heterocycles. The SMILES string of the molecule is Cc1nc(C(C)(NC(=O)c2cc(O[C@@H](CF)C(F)F)c(C3(F)COC3)cn2)C2CC2)no1.